The van der Waals surface area contributed by atoms with Crippen LogP contribution in [0, 0.1) is 11.7 Å². The van der Waals surface area contributed by atoms with E-state index in [0.717, 1.165) is 12.8 Å². The summed E-state index contributed by atoms with van der Waals surface area (Å²) in [6.07, 6.45) is 1.04. The molecule has 1 atom stereocenters. The Morgan fingerprint density at radius 3 is 2.63 bits per heavy atom. The van der Waals surface area contributed by atoms with Gasteiger partial charge in [0.15, 0.2) is 5.82 Å². The third-order valence-electron chi connectivity index (χ3n) is 3.26. The summed E-state index contributed by atoms with van der Waals surface area (Å²) < 4.78 is 13.6. The van der Waals surface area contributed by atoms with E-state index in [1.54, 1.807) is 0 Å². The van der Waals surface area contributed by atoms with Gasteiger partial charge in [0.25, 0.3) is 5.91 Å². The monoisotopic (exact) mass is 287 g/mol. The number of aliphatic hydroxyl groups is 1. The maximum absolute atomic E-state index is 13.6. The van der Waals surface area contributed by atoms with Crippen molar-refractivity contribution >= 4 is 17.5 Å². The van der Waals surface area contributed by atoms with Crippen molar-refractivity contribution in [2.24, 2.45) is 5.92 Å². The summed E-state index contributed by atoms with van der Waals surface area (Å²) in [5, 5.41) is 12.3. The van der Waals surface area contributed by atoms with Crippen LogP contribution in [0.3, 0.4) is 0 Å². The number of carbonyl (C=O) groups excluding carboxylic acids is 1. The zero-order valence-corrected chi connectivity index (χ0v) is 11.9. The fourth-order valence-electron chi connectivity index (χ4n) is 1.97. The zero-order chi connectivity index (χ0) is 14.4. The van der Waals surface area contributed by atoms with Crippen molar-refractivity contribution in [1.82, 2.24) is 5.32 Å². The molecule has 0 aliphatic rings. The topological polar surface area (TPSA) is 49.3 Å². The van der Waals surface area contributed by atoms with Crippen LogP contribution in [0.1, 0.15) is 37.0 Å². The van der Waals surface area contributed by atoms with Crippen molar-refractivity contribution in [3.63, 3.8) is 0 Å². The first-order valence-electron chi connectivity index (χ1n) is 6.41. The Hall–Kier alpha value is -1.13. The number of aliphatic hydroxyl groups excluding tert-OH is 1. The Morgan fingerprint density at radius 2 is 2.05 bits per heavy atom. The van der Waals surface area contributed by atoms with E-state index in [4.69, 9.17) is 11.6 Å². The molecule has 3 nitrogen and oxygen atoms in total. The number of hydrogen-bond acceptors (Lipinski definition) is 2. The van der Waals surface area contributed by atoms with Crippen molar-refractivity contribution in [2.75, 3.05) is 6.54 Å². The number of rotatable bonds is 6. The van der Waals surface area contributed by atoms with Crippen LogP contribution in [0.15, 0.2) is 18.2 Å². The maximum atomic E-state index is 13.6. The summed E-state index contributed by atoms with van der Waals surface area (Å²) in [7, 11) is 0. The van der Waals surface area contributed by atoms with Crippen molar-refractivity contribution in [3.8, 4) is 0 Å². The lowest BCUT2D eigenvalue weighted by Gasteiger charge is -2.20. The van der Waals surface area contributed by atoms with Gasteiger partial charge in [-0.3, -0.25) is 4.79 Å². The molecular weight excluding hydrogens is 269 g/mol. The second-order valence-electron chi connectivity index (χ2n) is 4.46. The molecule has 1 unspecified atom stereocenters. The largest absolute Gasteiger partial charge is 0.391 e. The van der Waals surface area contributed by atoms with Gasteiger partial charge >= 0.3 is 0 Å². The average Bonchev–Trinajstić information content (AvgIpc) is 2.40. The van der Waals surface area contributed by atoms with Crippen molar-refractivity contribution in [1.29, 1.82) is 0 Å². The molecule has 1 aromatic carbocycles. The van der Waals surface area contributed by atoms with Gasteiger partial charge in [0.1, 0.15) is 0 Å². The molecular formula is C14H19ClFNO2. The highest BCUT2D eigenvalue weighted by Crippen LogP contribution is 2.18. The molecule has 1 amide bonds. The van der Waals surface area contributed by atoms with Crippen LogP contribution in [0.5, 0.6) is 0 Å². The molecule has 1 aromatic rings. The smallest absolute Gasteiger partial charge is 0.254 e. The molecule has 0 bridgehead atoms. The van der Waals surface area contributed by atoms with Gasteiger partial charge in [-0.1, -0.05) is 44.4 Å². The minimum Gasteiger partial charge on any atom is -0.391 e. The highest BCUT2D eigenvalue weighted by molar-refractivity contribution is 6.31. The zero-order valence-electron chi connectivity index (χ0n) is 11.1. The highest BCUT2D eigenvalue weighted by atomic mass is 35.5. The summed E-state index contributed by atoms with van der Waals surface area (Å²) in [5.41, 5.74) is -0.107. The second-order valence-corrected chi connectivity index (χ2v) is 4.86. The third-order valence-corrected chi connectivity index (χ3v) is 3.55. The van der Waals surface area contributed by atoms with Gasteiger partial charge in [-0.15, -0.1) is 0 Å². The summed E-state index contributed by atoms with van der Waals surface area (Å²) in [6, 6.07) is 4.25. The molecule has 5 heteroatoms. The van der Waals surface area contributed by atoms with Crippen molar-refractivity contribution in [2.45, 2.75) is 32.8 Å². The number of amides is 1. The Bertz CT molecular complexity index is 435. The number of halogens is 2. The lowest BCUT2D eigenvalue weighted by Crippen LogP contribution is -2.36. The maximum Gasteiger partial charge on any atom is 0.254 e. The molecule has 1 rings (SSSR count). The van der Waals surface area contributed by atoms with Gasteiger partial charge in [0, 0.05) is 6.54 Å². The minimum atomic E-state index is -0.737. The molecule has 0 radical (unpaired) electrons. The molecule has 0 saturated heterocycles. The third kappa shape index (κ3) is 4.18. The summed E-state index contributed by atoms with van der Waals surface area (Å²) in [5.74, 6) is -1.17. The van der Waals surface area contributed by atoms with Gasteiger partial charge in [0.2, 0.25) is 0 Å². The molecule has 106 valence electrons. The molecule has 0 heterocycles. The van der Waals surface area contributed by atoms with Crippen LogP contribution >= 0.6 is 11.6 Å². The number of carbonyl (C=O) groups is 1. The minimum absolute atomic E-state index is 0.0896. The van der Waals surface area contributed by atoms with Crippen LogP contribution in [-0.4, -0.2) is 23.7 Å². The van der Waals surface area contributed by atoms with E-state index < -0.39 is 17.8 Å². The standard InChI is InChI=1S/C14H19ClFNO2/c1-3-9(4-2)12(18)8-17-14(19)10-6-5-7-11(15)13(10)16/h5-7,9,12,18H,3-4,8H2,1-2H3,(H,17,19). The van der Waals surface area contributed by atoms with E-state index in [0.29, 0.717) is 0 Å². The molecule has 0 aromatic heterocycles. The van der Waals surface area contributed by atoms with E-state index in [2.05, 4.69) is 5.32 Å². The highest BCUT2D eigenvalue weighted by Gasteiger charge is 2.18. The second kappa shape index (κ2) is 7.46. The number of benzene rings is 1. The normalized spacial score (nSPS) is 12.5. The van der Waals surface area contributed by atoms with Crippen LogP contribution in [0.25, 0.3) is 0 Å². The predicted molar refractivity (Wildman–Crippen MR) is 73.8 cm³/mol. The summed E-state index contributed by atoms with van der Waals surface area (Å²) >= 11 is 5.61. The molecule has 0 fully saturated rings. The van der Waals surface area contributed by atoms with Crippen molar-refractivity contribution in [3.05, 3.63) is 34.6 Å². The first-order chi connectivity index (χ1) is 9.01. The number of hydrogen-bond donors (Lipinski definition) is 2. The first kappa shape index (κ1) is 15.9. The fourth-order valence-corrected chi connectivity index (χ4v) is 2.15. The lowest BCUT2D eigenvalue weighted by atomic mass is 9.96. The summed E-state index contributed by atoms with van der Waals surface area (Å²) in [6.45, 7) is 4.07. The van der Waals surface area contributed by atoms with Gasteiger partial charge in [-0.25, -0.2) is 4.39 Å². The van der Waals surface area contributed by atoms with Gasteiger partial charge in [-0.05, 0) is 18.1 Å². The van der Waals surface area contributed by atoms with Crippen LogP contribution < -0.4 is 5.32 Å². The van der Waals surface area contributed by atoms with Gasteiger partial charge in [-0.2, -0.15) is 0 Å². The molecule has 0 aliphatic heterocycles. The van der Waals surface area contributed by atoms with E-state index in [9.17, 15) is 14.3 Å². The Balaban J connectivity index is 2.63. The predicted octanol–water partition coefficient (Wildman–Crippen LogP) is 3.01. The Kier molecular flexibility index (Phi) is 6.25. The van der Waals surface area contributed by atoms with E-state index in [1.807, 2.05) is 13.8 Å². The molecule has 2 N–H and O–H groups in total. The molecule has 0 spiro atoms. The average molecular weight is 288 g/mol. The summed E-state index contributed by atoms with van der Waals surface area (Å²) in [4.78, 5) is 11.8. The van der Waals surface area contributed by atoms with Crippen molar-refractivity contribution < 1.29 is 14.3 Å². The Labute approximate surface area is 117 Å². The SMILES string of the molecule is CCC(CC)C(O)CNC(=O)c1cccc(Cl)c1F. The van der Waals surface area contributed by atoms with E-state index in [1.165, 1.54) is 18.2 Å². The van der Waals surface area contributed by atoms with Gasteiger partial charge < -0.3 is 10.4 Å². The Morgan fingerprint density at radius 1 is 1.42 bits per heavy atom. The lowest BCUT2D eigenvalue weighted by molar-refractivity contribution is 0.0813. The molecule has 0 aliphatic carbocycles. The van der Waals surface area contributed by atoms with Crippen LogP contribution in [0.4, 0.5) is 4.39 Å². The van der Waals surface area contributed by atoms with E-state index >= 15 is 0 Å². The van der Waals surface area contributed by atoms with Crippen LogP contribution in [-0.2, 0) is 0 Å². The van der Waals surface area contributed by atoms with E-state index in [-0.39, 0.29) is 23.0 Å². The molecule has 19 heavy (non-hydrogen) atoms. The molecule has 0 saturated carbocycles. The van der Waals surface area contributed by atoms with Crippen LogP contribution in [0.2, 0.25) is 5.02 Å². The quantitative estimate of drug-likeness (QED) is 0.845. The fraction of sp³-hybridized carbons (Fsp3) is 0.500. The first-order valence-corrected chi connectivity index (χ1v) is 6.79. The van der Waals surface area contributed by atoms with Gasteiger partial charge in [0.05, 0.1) is 16.7 Å². The number of nitrogens with one attached hydrogen (secondary N) is 1.